The van der Waals surface area contributed by atoms with E-state index >= 15 is 0 Å². The summed E-state index contributed by atoms with van der Waals surface area (Å²) in [4.78, 5) is 18.0. The van der Waals surface area contributed by atoms with Crippen molar-refractivity contribution in [1.82, 2.24) is 8.87 Å². The Kier molecular flexibility index (Phi) is 6.97. The second-order valence-electron chi connectivity index (χ2n) is 7.39. The normalized spacial score (nSPS) is 17.5. The Morgan fingerprint density at radius 2 is 1.94 bits per heavy atom. The van der Waals surface area contributed by atoms with Crippen LogP contribution in [0.2, 0.25) is 10.0 Å². The van der Waals surface area contributed by atoms with Gasteiger partial charge in [-0.05, 0) is 49.2 Å². The van der Waals surface area contributed by atoms with Crippen molar-refractivity contribution in [3.8, 4) is 5.75 Å². The summed E-state index contributed by atoms with van der Waals surface area (Å²) in [5.41, 5.74) is 0.662. The number of hydrogen-bond acceptors (Lipinski definition) is 5. The molecule has 7 nitrogen and oxygen atoms in total. The minimum absolute atomic E-state index is 0.102. The lowest BCUT2D eigenvalue weighted by Gasteiger charge is -2.21. The van der Waals surface area contributed by atoms with Crippen LogP contribution in [-0.4, -0.2) is 42.9 Å². The van der Waals surface area contributed by atoms with Crippen molar-refractivity contribution >= 4 is 60.7 Å². The third kappa shape index (κ3) is 4.48. The predicted octanol–water partition coefficient (Wildman–Crippen LogP) is 4.48. The van der Waals surface area contributed by atoms with Crippen LogP contribution in [0, 0.1) is 0 Å². The van der Waals surface area contributed by atoms with E-state index in [-0.39, 0.29) is 11.4 Å². The second kappa shape index (κ2) is 9.60. The Balaban J connectivity index is 1.74. The third-order valence-corrected chi connectivity index (χ3v) is 9.17. The molecule has 1 fully saturated rings. The van der Waals surface area contributed by atoms with E-state index in [1.54, 1.807) is 34.9 Å². The summed E-state index contributed by atoms with van der Waals surface area (Å²) in [6, 6.07) is 8.58. The molecular formula is C22H21Cl2N3O4S2. The van der Waals surface area contributed by atoms with Crippen LogP contribution in [0.3, 0.4) is 0 Å². The highest BCUT2D eigenvalue weighted by Crippen LogP contribution is 2.32. The molecule has 33 heavy (non-hydrogen) atoms. The number of ether oxygens (including phenoxy) is 1. The van der Waals surface area contributed by atoms with Gasteiger partial charge in [0.05, 0.1) is 32.3 Å². The lowest BCUT2D eigenvalue weighted by atomic mass is 10.2. The van der Waals surface area contributed by atoms with E-state index in [9.17, 15) is 13.2 Å². The van der Waals surface area contributed by atoms with Crippen molar-refractivity contribution in [3.63, 3.8) is 0 Å². The van der Waals surface area contributed by atoms with Gasteiger partial charge in [-0.2, -0.15) is 9.30 Å². The highest BCUT2D eigenvalue weighted by molar-refractivity contribution is 7.89. The Bertz CT molecular complexity index is 1400. The first-order chi connectivity index (χ1) is 15.8. The zero-order valence-electron chi connectivity index (χ0n) is 17.7. The second-order valence-corrected chi connectivity index (χ2v) is 11.1. The van der Waals surface area contributed by atoms with Crippen LogP contribution in [0.4, 0.5) is 0 Å². The minimum Gasteiger partial charge on any atom is -0.497 e. The van der Waals surface area contributed by atoms with Crippen molar-refractivity contribution in [1.29, 1.82) is 0 Å². The molecule has 0 saturated carbocycles. The summed E-state index contributed by atoms with van der Waals surface area (Å²) in [5.74, 6) is 0.0213. The summed E-state index contributed by atoms with van der Waals surface area (Å²) in [5, 5.41) is 0.974. The number of amides is 1. The molecule has 4 rings (SSSR count). The first-order valence-corrected chi connectivity index (χ1v) is 13.1. The maximum absolute atomic E-state index is 13.2. The number of benzene rings is 2. The summed E-state index contributed by atoms with van der Waals surface area (Å²) in [6.07, 6.45) is 2.63. The van der Waals surface area contributed by atoms with Crippen LogP contribution in [0.1, 0.15) is 12.8 Å². The van der Waals surface area contributed by atoms with Gasteiger partial charge in [-0.15, -0.1) is 6.58 Å². The maximum atomic E-state index is 13.2. The van der Waals surface area contributed by atoms with Gasteiger partial charge in [-0.1, -0.05) is 40.6 Å². The number of rotatable bonds is 6. The lowest BCUT2D eigenvalue weighted by molar-refractivity contribution is -0.121. The molecule has 0 N–H and O–H groups in total. The fourth-order valence-corrected chi connectivity index (χ4v) is 7.13. The molecule has 1 saturated heterocycles. The molecule has 0 aliphatic carbocycles. The molecule has 2 aromatic carbocycles. The molecule has 0 bridgehead atoms. The molecule has 2 heterocycles. The molecule has 0 spiro atoms. The monoisotopic (exact) mass is 525 g/mol. The quantitative estimate of drug-likeness (QED) is 0.444. The Hall–Kier alpha value is -2.17. The van der Waals surface area contributed by atoms with Crippen LogP contribution >= 0.6 is 34.5 Å². The number of sulfonamides is 1. The van der Waals surface area contributed by atoms with Gasteiger partial charge in [0.2, 0.25) is 10.0 Å². The van der Waals surface area contributed by atoms with Crippen LogP contribution in [0.25, 0.3) is 10.2 Å². The number of halogens is 2. The lowest BCUT2D eigenvalue weighted by Crippen LogP contribution is -2.40. The highest BCUT2D eigenvalue weighted by Gasteiger charge is 2.39. The predicted molar refractivity (Wildman–Crippen MR) is 131 cm³/mol. The van der Waals surface area contributed by atoms with Gasteiger partial charge in [-0.25, -0.2) is 8.42 Å². The number of fused-ring (bicyclic) bond motifs is 1. The number of thiazole rings is 1. The molecule has 1 aromatic heterocycles. The van der Waals surface area contributed by atoms with Crippen molar-refractivity contribution in [3.05, 3.63) is 63.9 Å². The standard InChI is InChI=1S/C22H21Cl2N3O4S2/c1-3-12-26-19-16(23)10-11-17(24)20(19)32-22(26)25-21(28)18-5-4-13-27(18)33(29,30)15-8-6-14(31-2)7-9-15/h3,6-11,18H,1,4-5,12-13H2,2H3. The van der Waals surface area contributed by atoms with Crippen molar-refractivity contribution in [2.45, 2.75) is 30.3 Å². The van der Waals surface area contributed by atoms with E-state index in [1.165, 1.54) is 34.9 Å². The molecule has 1 unspecified atom stereocenters. The van der Waals surface area contributed by atoms with Gasteiger partial charge in [0, 0.05) is 13.1 Å². The molecule has 11 heteroatoms. The number of carbonyl (C=O) groups is 1. The third-order valence-electron chi connectivity index (χ3n) is 5.40. The summed E-state index contributed by atoms with van der Waals surface area (Å²) >= 11 is 14.0. The molecular weight excluding hydrogens is 505 g/mol. The molecule has 1 atom stereocenters. The molecule has 1 aliphatic rings. The van der Waals surface area contributed by atoms with Gasteiger partial charge in [-0.3, -0.25) is 4.79 Å². The zero-order valence-corrected chi connectivity index (χ0v) is 20.8. The Morgan fingerprint density at radius 3 is 2.61 bits per heavy atom. The van der Waals surface area contributed by atoms with Crippen LogP contribution in [-0.2, 0) is 21.4 Å². The van der Waals surface area contributed by atoms with E-state index in [0.29, 0.717) is 50.2 Å². The van der Waals surface area contributed by atoms with Gasteiger partial charge in [0.15, 0.2) is 4.80 Å². The molecule has 1 amide bonds. The number of nitrogens with zero attached hydrogens (tertiary/aromatic N) is 3. The van der Waals surface area contributed by atoms with Gasteiger partial charge >= 0.3 is 0 Å². The minimum atomic E-state index is -3.87. The number of aromatic nitrogens is 1. The van der Waals surface area contributed by atoms with E-state index in [2.05, 4.69) is 11.6 Å². The van der Waals surface area contributed by atoms with Gasteiger partial charge in [0.25, 0.3) is 5.91 Å². The van der Waals surface area contributed by atoms with E-state index in [1.807, 2.05) is 0 Å². The summed E-state index contributed by atoms with van der Waals surface area (Å²) < 4.78 is 35.3. The molecule has 1 aliphatic heterocycles. The van der Waals surface area contributed by atoms with Crippen molar-refractivity contribution < 1.29 is 17.9 Å². The summed E-state index contributed by atoms with van der Waals surface area (Å²) in [6.45, 7) is 4.38. The van der Waals surface area contributed by atoms with E-state index in [4.69, 9.17) is 27.9 Å². The SMILES string of the molecule is C=CCn1c(=NC(=O)C2CCCN2S(=O)(=O)c2ccc(OC)cc2)sc2c(Cl)ccc(Cl)c21. The number of carbonyl (C=O) groups excluding carboxylic acids is 1. The smallest absolute Gasteiger partial charge is 0.266 e. The number of methoxy groups -OCH3 is 1. The van der Waals surface area contributed by atoms with Crippen LogP contribution in [0.5, 0.6) is 5.75 Å². The van der Waals surface area contributed by atoms with Crippen molar-refractivity contribution in [2.24, 2.45) is 4.99 Å². The van der Waals surface area contributed by atoms with Gasteiger partial charge in [0.1, 0.15) is 11.8 Å². The maximum Gasteiger partial charge on any atom is 0.266 e. The zero-order chi connectivity index (χ0) is 23.8. The first kappa shape index (κ1) is 24.0. The topological polar surface area (TPSA) is 81.0 Å². The Labute approximate surface area is 205 Å². The highest BCUT2D eigenvalue weighted by atomic mass is 35.5. The molecule has 0 radical (unpaired) electrons. The van der Waals surface area contributed by atoms with E-state index in [0.717, 1.165) is 0 Å². The fourth-order valence-electron chi connectivity index (χ4n) is 3.82. The first-order valence-electron chi connectivity index (χ1n) is 10.1. The largest absolute Gasteiger partial charge is 0.497 e. The van der Waals surface area contributed by atoms with Crippen LogP contribution in [0.15, 0.2) is 58.9 Å². The van der Waals surface area contributed by atoms with Crippen molar-refractivity contribution in [2.75, 3.05) is 13.7 Å². The van der Waals surface area contributed by atoms with E-state index < -0.39 is 22.0 Å². The average molecular weight is 526 g/mol. The summed E-state index contributed by atoms with van der Waals surface area (Å²) in [7, 11) is -2.37. The molecule has 174 valence electrons. The Morgan fingerprint density at radius 1 is 1.24 bits per heavy atom. The van der Waals surface area contributed by atoms with Crippen LogP contribution < -0.4 is 9.54 Å². The van der Waals surface area contributed by atoms with Gasteiger partial charge < -0.3 is 9.30 Å². The number of allylic oxidation sites excluding steroid dienone is 1. The fraction of sp³-hybridized carbons (Fsp3) is 0.273. The average Bonchev–Trinajstić information content (AvgIpc) is 3.44. The number of hydrogen-bond donors (Lipinski definition) is 0. The molecule has 3 aromatic rings.